The SMILES string of the molecule is Oc1ccc(F)cc1C(F)F. The lowest BCUT2D eigenvalue weighted by Gasteiger charge is -2.01. The van der Waals surface area contributed by atoms with Gasteiger partial charge in [0.1, 0.15) is 11.6 Å². The van der Waals surface area contributed by atoms with E-state index in [1.165, 1.54) is 0 Å². The predicted molar refractivity (Wildman–Crippen MR) is 33.0 cm³/mol. The number of phenols is 1. The van der Waals surface area contributed by atoms with Gasteiger partial charge in [-0.15, -0.1) is 0 Å². The van der Waals surface area contributed by atoms with E-state index in [9.17, 15) is 13.2 Å². The summed E-state index contributed by atoms with van der Waals surface area (Å²) in [4.78, 5) is 0. The first-order chi connectivity index (χ1) is 5.11. The average Bonchev–Trinajstić information content (AvgIpc) is 1.94. The minimum Gasteiger partial charge on any atom is -0.507 e. The summed E-state index contributed by atoms with van der Waals surface area (Å²) in [5.74, 6) is -1.36. The van der Waals surface area contributed by atoms with E-state index in [4.69, 9.17) is 5.11 Å². The van der Waals surface area contributed by atoms with Gasteiger partial charge in [0.15, 0.2) is 0 Å². The van der Waals surface area contributed by atoms with Crippen LogP contribution < -0.4 is 0 Å². The Morgan fingerprint density at radius 3 is 2.36 bits per heavy atom. The van der Waals surface area contributed by atoms with E-state index in [0.29, 0.717) is 6.07 Å². The van der Waals surface area contributed by atoms with Gasteiger partial charge >= 0.3 is 0 Å². The Balaban J connectivity index is 3.13. The van der Waals surface area contributed by atoms with Crippen molar-refractivity contribution in [2.24, 2.45) is 0 Å². The molecule has 0 aliphatic carbocycles. The molecule has 0 unspecified atom stereocenters. The Hall–Kier alpha value is -1.19. The average molecular weight is 162 g/mol. The molecule has 1 rings (SSSR count). The van der Waals surface area contributed by atoms with Gasteiger partial charge < -0.3 is 5.11 Å². The van der Waals surface area contributed by atoms with Gasteiger partial charge in [-0.05, 0) is 18.2 Å². The molecule has 60 valence electrons. The van der Waals surface area contributed by atoms with Crippen LogP contribution in [0.4, 0.5) is 13.2 Å². The molecule has 0 aromatic heterocycles. The van der Waals surface area contributed by atoms with E-state index >= 15 is 0 Å². The Morgan fingerprint density at radius 2 is 1.91 bits per heavy atom. The van der Waals surface area contributed by atoms with Gasteiger partial charge in [-0.1, -0.05) is 0 Å². The van der Waals surface area contributed by atoms with Crippen LogP contribution in [-0.4, -0.2) is 5.11 Å². The molecule has 1 nitrogen and oxygen atoms in total. The molecule has 0 aliphatic rings. The van der Waals surface area contributed by atoms with Crippen molar-refractivity contribution in [3.8, 4) is 5.75 Å². The van der Waals surface area contributed by atoms with Gasteiger partial charge in [0, 0.05) is 0 Å². The monoisotopic (exact) mass is 162 g/mol. The molecule has 0 radical (unpaired) electrons. The quantitative estimate of drug-likeness (QED) is 0.672. The smallest absolute Gasteiger partial charge is 0.267 e. The summed E-state index contributed by atoms with van der Waals surface area (Å²) in [5.41, 5.74) is -0.676. The van der Waals surface area contributed by atoms with Crippen molar-refractivity contribution < 1.29 is 18.3 Å². The zero-order chi connectivity index (χ0) is 8.43. The lowest BCUT2D eigenvalue weighted by molar-refractivity contribution is 0.147. The van der Waals surface area contributed by atoms with Crippen LogP contribution in [0, 0.1) is 5.82 Å². The summed E-state index contributed by atoms with van der Waals surface area (Å²) < 4.78 is 36.0. The van der Waals surface area contributed by atoms with Crippen molar-refractivity contribution in [3.63, 3.8) is 0 Å². The van der Waals surface area contributed by atoms with E-state index < -0.39 is 23.6 Å². The zero-order valence-corrected chi connectivity index (χ0v) is 5.39. The van der Waals surface area contributed by atoms with E-state index in [0.717, 1.165) is 12.1 Å². The Kier molecular flexibility index (Phi) is 2.03. The molecule has 11 heavy (non-hydrogen) atoms. The fourth-order valence-electron chi connectivity index (χ4n) is 0.700. The van der Waals surface area contributed by atoms with Crippen molar-refractivity contribution in [3.05, 3.63) is 29.6 Å². The molecule has 0 atom stereocenters. The van der Waals surface area contributed by atoms with Crippen LogP contribution in [0.3, 0.4) is 0 Å². The third-order valence-electron chi connectivity index (χ3n) is 1.22. The zero-order valence-electron chi connectivity index (χ0n) is 5.39. The molecule has 0 spiro atoms. The second-order valence-electron chi connectivity index (χ2n) is 2.00. The summed E-state index contributed by atoms with van der Waals surface area (Å²) in [6, 6.07) is 2.43. The number of phenolic OH excluding ortho intramolecular Hbond substituents is 1. The summed E-state index contributed by atoms with van der Waals surface area (Å²) >= 11 is 0. The number of aromatic hydroxyl groups is 1. The maximum atomic E-state index is 12.3. The lowest BCUT2D eigenvalue weighted by atomic mass is 10.2. The highest BCUT2D eigenvalue weighted by Gasteiger charge is 2.12. The lowest BCUT2D eigenvalue weighted by Crippen LogP contribution is -1.86. The van der Waals surface area contributed by atoms with Crippen molar-refractivity contribution in [1.82, 2.24) is 0 Å². The number of hydrogen-bond acceptors (Lipinski definition) is 1. The molecule has 0 saturated heterocycles. The summed E-state index contributed by atoms with van der Waals surface area (Å²) in [7, 11) is 0. The van der Waals surface area contributed by atoms with E-state index in [1.807, 2.05) is 0 Å². The third-order valence-corrected chi connectivity index (χ3v) is 1.22. The standard InChI is InChI=1S/C7H5F3O/c8-4-1-2-6(11)5(3-4)7(9)10/h1-3,7,11H. The molecule has 0 aliphatic heterocycles. The molecule has 4 heteroatoms. The molecule has 1 aromatic carbocycles. The van der Waals surface area contributed by atoms with Crippen molar-refractivity contribution in [1.29, 1.82) is 0 Å². The van der Waals surface area contributed by atoms with Gasteiger partial charge in [-0.25, -0.2) is 13.2 Å². The van der Waals surface area contributed by atoms with E-state index in [-0.39, 0.29) is 0 Å². The number of alkyl halides is 2. The minimum atomic E-state index is -2.84. The predicted octanol–water partition coefficient (Wildman–Crippen LogP) is 2.47. The second kappa shape index (κ2) is 2.82. The van der Waals surface area contributed by atoms with Crippen LogP contribution in [-0.2, 0) is 0 Å². The number of benzene rings is 1. The number of rotatable bonds is 1. The second-order valence-corrected chi connectivity index (χ2v) is 2.00. The highest BCUT2D eigenvalue weighted by Crippen LogP contribution is 2.27. The first-order valence-corrected chi connectivity index (χ1v) is 2.88. The van der Waals surface area contributed by atoms with Crippen molar-refractivity contribution in [2.45, 2.75) is 6.43 Å². The normalized spacial score (nSPS) is 10.5. The van der Waals surface area contributed by atoms with Gasteiger partial charge in [-0.3, -0.25) is 0 Å². The fourth-order valence-corrected chi connectivity index (χ4v) is 0.700. The minimum absolute atomic E-state index is 0.582. The number of hydrogen-bond donors (Lipinski definition) is 1. The van der Waals surface area contributed by atoms with Crippen molar-refractivity contribution >= 4 is 0 Å². The topological polar surface area (TPSA) is 20.2 Å². The maximum Gasteiger partial charge on any atom is 0.267 e. The first kappa shape index (κ1) is 7.91. The fraction of sp³-hybridized carbons (Fsp3) is 0.143. The highest BCUT2D eigenvalue weighted by atomic mass is 19.3. The largest absolute Gasteiger partial charge is 0.507 e. The van der Waals surface area contributed by atoms with Crippen LogP contribution in [0.2, 0.25) is 0 Å². The highest BCUT2D eigenvalue weighted by molar-refractivity contribution is 5.33. The number of halogens is 3. The van der Waals surface area contributed by atoms with Gasteiger partial charge in [0.2, 0.25) is 0 Å². The summed E-state index contributed by atoms with van der Waals surface area (Å²) in [5, 5.41) is 8.76. The van der Waals surface area contributed by atoms with Gasteiger partial charge in [-0.2, -0.15) is 0 Å². The van der Waals surface area contributed by atoms with E-state index in [1.54, 1.807) is 0 Å². The van der Waals surface area contributed by atoms with Crippen LogP contribution in [0.25, 0.3) is 0 Å². The van der Waals surface area contributed by atoms with E-state index in [2.05, 4.69) is 0 Å². The molecular formula is C7H5F3O. The molecule has 0 bridgehead atoms. The molecule has 0 saturated carbocycles. The third kappa shape index (κ3) is 1.63. The molecular weight excluding hydrogens is 157 g/mol. The molecule has 0 heterocycles. The molecule has 0 amide bonds. The van der Waals surface area contributed by atoms with Crippen molar-refractivity contribution in [2.75, 3.05) is 0 Å². The van der Waals surface area contributed by atoms with Crippen LogP contribution in [0.1, 0.15) is 12.0 Å². The summed E-state index contributed by atoms with van der Waals surface area (Å²) in [6.07, 6.45) is -2.84. The van der Waals surface area contributed by atoms with Crippen LogP contribution in [0.15, 0.2) is 18.2 Å². The maximum absolute atomic E-state index is 12.3. The molecule has 1 N–H and O–H groups in total. The molecule has 1 aromatic rings. The Labute approximate surface area is 61.1 Å². The molecule has 0 fully saturated rings. The van der Waals surface area contributed by atoms with Gasteiger partial charge in [0.25, 0.3) is 6.43 Å². The Bertz CT molecular complexity index is 260. The first-order valence-electron chi connectivity index (χ1n) is 2.88. The van der Waals surface area contributed by atoms with Gasteiger partial charge in [0.05, 0.1) is 5.56 Å². The summed E-state index contributed by atoms with van der Waals surface area (Å²) in [6.45, 7) is 0. The Morgan fingerprint density at radius 1 is 1.27 bits per heavy atom. The van der Waals surface area contributed by atoms with Crippen LogP contribution >= 0.6 is 0 Å². The van der Waals surface area contributed by atoms with Crippen LogP contribution in [0.5, 0.6) is 5.75 Å².